The second kappa shape index (κ2) is 9.55. The number of para-hydroxylation sites is 1. The van der Waals surface area contributed by atoms with Crippen LogP contribution in [0.4, 0.5) is 0 Å². The smallest absolute Gasteiger partial charge is 0.170 e. The number of rotatable bonds is 6. The second-order valence-electron chi connectivity index (χ2n) is 8.98. The summed E-state index contributed by atoms with van der Waals surface area (Å²) in [7, 11) is 1.69. The molecule has 0 amide bonds. The van der Waals surface area contributed by atoms with E-state index < -0.39 is 0 Å². The molecule has 1 saturated heterocycles. The van der Waals surface area contributed by atoms with Gasteiger partial charge in [0.1, 0.15) is 5.75 Å². The van der Waals surface area contributed by atoms with Gasteiger partial charge in [-0.2, -0.15) is 0 Å². The van der Waals surface area contributed by atoms with Crippen molar-refractivity contribution in [2.75, 3.05) is 7.11 Å². The lowest BCUT2D eigenvalue weighted by Gasteiger charge is -2.29. The minimum atomic E-state index is -0.0506. The number of methoxy groups -OCH3 is 1. The predicted molar refractivity (Wildman–Crippen MR) is 144 cm³/mol. The van der Waals surface area contributed by atoms with Gasteiger partial charge in [0, 0.05) is 35.4 Å². The van der Waals surface area contributed by atoms with E-state index in [-0.39, 0.29) is 12.1 Å². The van der Waals surface area contributed by atoms with E-state index >= 15 is 0 Å². The zero-order valence-corrected chi connectivity index (χ0v) is 21.3. The van der Waals surface area contributed by atoms with Gasteiger partial charge in [0.05, 0.1) is 24.9 Å². The lowest BCUT2D eigenvalue weighted by atomic mass is 9.93. The normalized spacial score (nSPS) is 17.5. The fourth-order valence-electron chi connectivity index (χ4n) is 5.22. The van der Waals surface area contributed by atoms with Crippen LogP contribution < -0.4 is 10.1 Å². The van der Waals surface area contributed by atoms with Crippen LogP contribution in [0.15, 0.2) is 79.0 Å². The average molecular weight is 483 g/mol. The van der Waals surface area contributed by atoms with Crippen molar-refractivity contribution in [1.29, 1.82) is 0 Å². The Morgan fingerprint density at radius 2 is 1.63 bits per heavy atom. The van der Waals surface area contributed by atoms with Crippen molar-refractivity contribution < 1.29 is 4.74 Å². The van der Waals surface area contributed by atoms with Gasteiger partial charge >= 0.3 is 0 Å². The third-order valence-electron chi connectivity index (χ3n) is 7.03. The van der Waals surface area contributed by atoms with Crippen molar-refractivity contribution in [2.45, 2.75) is 39.4 Å². The molecule has 0 saturated carbocycles. The molecular formula is C29H30N4OS. The molecule has 5 rings (SSSR count). The monoisotopic (exact) mass is 482 g/mol. The first-order valence-electron chi connectivity index (χ1n) is 11.8. The standard InChI is InChI=1S/C29H30N4OS/c1-19-20(2)33(23-10-6-5-7-11-23)21(3)26(19)28-27(25-12-8-9-17-30-25)31-29(35)32(28)18-22-13-15-24(34-4)16-14-22/h5-17,27-28H,18H2,1-4H3,(H,31,35)/t27-,28-/m0/s1. The Morgan fingerprint density at radius 1 is 0.914 bits per heavy atom. The summed E-state index contributed by atoms with van der Waals surface area (Å²) in [4.78, 5) is 7.02. The van der Waals surface area contributed by atoms with Gasteiger partial charge in [0.15, 0.2) is 5.11 Å². The number of nitrogens with one attached hydrogen (secondary N) is 1. The minimum Gasteiger partial charge on any atom is -0.497 e. The van der Waals surface area contributed by atoms with Crippen LogP contribution >= 0.6 is 12.2 Å². The van der Waals surface area contributed by atoms with Crippen LogP contribution in [-0.4, -0.2) is 26.7 Å². The van der Waals surface area contributed by atoms with Crippen molar-refractivity contribution >= 4 is 17.3 Å². The van der Waals surface area contributed by atoms with Gasteiger partial charge in [-0.05, 0) is 80.5 Å². The van der Waals surface area contributed by atoms with E-state index in [2.05, 4.69) is 84.1 Å². The fraction of sp³-hybridized carbons (Fsp3) is 0.241. The van der Waals surface area contributed by atoms with Gasteiger partial charge in [-0.1, -0.05) is 36.4 Å². The Kier molecular flexibility index (Phi) is 6.31. The van der Waals surface area contributed by atoms with Gasteiger partial charge in [-0.3, -0.25) is 4.98 Å². The van der Waals surface area contributed by atoms with Crippen LogP contribution in [0.1, 0.15) is 45.9 Å². The molecule has 2 aromatic heterocycles. The van der Waals surface area contributed by atoms with E-state index in [4.69, 9.17) is 21.9 Å². The van der Waals surface area contributed by atoms with E-state index in [1.165, 1.54) is 33.8 Å². The highest BCUT2D eigenvalue weighted by molar-refractivity contribution is 7.80. The number of hydrogen-bond acceptors (Lipinski definition) is 3. The first kappa shape index (κ1) is 23.1. The molecule has 6 heteroatoms. The SMILES string of the molecule is COc1ccc(CN2C(=S)N[C@@H](c3ccccn3)[C@@H]2c2c(C)c(C)n(-c3ccccc3)c2C)cc1. The van der Waals surface area contributed by atoms with Crippen LogP contribution in [0, 0.1) is 20.8 Å². The van der Waals surface area contributed by atoms with Crippen LogP contribution in [0.2, 0.25) is 0 Å². The molecule has 1 fully saturated rings. The number of aromatic nitrogens is 2. The van der Waals surface area contributed by atoms with E-state index in [9.17, 15) is 0 Å². The van der Waals surface area contributed by atoms with E-state index in [1.54, 1.807) is 7.11 Å². The lowest BCUT2D eigenvalue weighted by molar-refractivity contribution is 0.309. The maximum atomic E-state index is 5.92. The molecule has 4 aromatic rings. The topological polar surface area (TPSA) is 42.3 Å². The second-order valence-corrected chi connectivity index (χ2v) is 9.37. The molecule has 0 aliphatic carbocycles. The van der Waals surface area contributed by atoms with Gasteiger partial charge in [0.25, 0.3) is 0 Å². The summed E-state index contributed by atoms with van der Waals surface area (Å²) >= 11 is 5.92. The first-order valence-corrected chi connectivity index (χ1v) is 12.2. The zero-order valence-electron chi connectivity index (χ0n) is 20.5. The van der Waals surface area contributed by atoms with Crippen LogP contribution in [0.25, 0.3) is 5.69 Å². The molecule has 0 spiro atoms. The maximum absolute atomic E-state index is 5.92. The van der Waals surface area contributed by atoms with Crippen molar-refractivity contribution in [2.24, 2.45) is 0 Å². The Balaban J connectivity index is 1.63. The number of ether oxygens (including phenoxy) is 1. The third kappa shape index (κ3) is 4.19. The lowest BCUT2D eigenvalue weighted by Crippen LogP contribution is -2.29. The highest BCUT2D eigenvalue weighted by atomic mass is 32.1. The number of benzene rings is 2. The summed E-state index contributed by atoms with van der Waals surface area (Å²) in [5, 5.41) is 4.34. The fourth-order valence-corrected chi connectivity index (χ4v) is 5.53. The molecule has 5 nitrogen and oxygen atoms in total. The van der Waals surface area contributed by atoms with E-state index in [0.717, 1.165) is 16.6 Å². The largest absolute Gasteiger partial charge is 0.497 e. The van der Waals surface area contributed by atoms with Gasteiger partial charge in [-0.15, -0.1) is 0 Å². The molecule has 1 N–H and O–H groups in total. The predicted octanol–water partition coefficient (Wildman–Crippen LogP) is 5.98. The summed E-state index contributed by atoms with van der Waals surface area (Å²) in [5.41, 5.74) is 8.37. The van der Waals surface area contributed by atoms with Crippen LogP contribution in [-0.2, 0) is 6.54 Å². The van der Waals surface area contributed by atoms with E-state index in [0.29, 0.717) is 6.54 Å². The third-order valence-corrected chi connectivity index (χ3v) is 7.38. The van der Waals surface area contributed by atoms with Gasteiger partial charge in [-0.25, -0.2) is 0 Å². The molecule has 35 heavy (non-hydrogen) atoms. The molecule has 0 radical (unpaired) electrons. The van der Waals surface area contributed by atoms with Gasteiger partial charge < -0.3 is 19.5 Å². The highest BCUT2D eigenvalue weighted by Crippen LogP contribution is 2.44. The van der Waals surface area contributed by atoms with Crippen molar-refractivity contribution in [3.8, 4) is 11.4 Å². The quantitative estimate of drug-likeness (QED) is 0.343. The Labute approximate surface area is 212 Å². The number of nitrogens with zero attached hydrogens (tertiary/aromatic N) is 3. The maximum Gasteiger partial charge on any atom is 0.170 e. The molecular weight excluding hydrogens is 452 g/mol. The Hall–Kier alpha value is -3.64. The number of pyridine rings is 1. The summed E-state index contributed by atoms with van der Waals surface area (Å²) in [6.07, 6.45) is 1.85. The van der Waals surface area contributed by atoms with Crippen molar-refractivity contribution in [3.05, 3.63) is 113 Å². The summed E-state index contributed by atoms with van der Waals surface area (Å²) in [5.74, 6) is 0.848. The summed E-state index contributed by atoms with van der Waals surface area (Å²) in [6, 6.07) is 24.8. The molecule has 1 aliphatic heterocycles. The zero-order chi connectivity index (χ0) is 24.5. The van der Waals surface area contributed by atoms with Gasteiger partial charge in [0.2, 0.25) is 0 Å². The Morgan fingerprint density at radius 3 is 2.29 bits per heavy atom. The number of hydrogen-bond donors (Lipinski definition) is 1. The van der Waals surface area contributed by atoms with Crippen LogP contribution in [0.5, 0.6) is 5.75 Å². The average Bonchev–Trinajstić information content (AvgIpc) is 3.32. The Bertz CT molecular complexity index is 1330. The highest BCUT2D eigenvalue weighted by Gasteiger charge is 2.42. The van der Waals surface area contributed by atoms with E-state index in [1.807, 2.05) is 30.5 Å². The number of thiocarbonyl (C=S) groups is 1. The van der Waals surface area contributed by atoms with Crippen molar-refractivity contribution in [3.63, 3.8) is 0 Å². The molecule has 1 aliphatic rings. The summed E-state index contributed by atoms with van der Waals surface area (Å²) in [6.45, 7) is 7.33. The molecule has 0 bridgehead atoms. The molecule has 0 unspecified atom stereocenters. The summed E-state index contributed by atoms with van der Waals surface area (Å²) < 4.78 is 7.71. The first-order chi connectivity index (χ1) is 17.0. The van der Waals surface area contributed by atoms with Crippen LogP contribution in [0.3, 0.4) is 0 Å². The molecule has 2 aromatic carbocycles. The molecule has 3 heterocycles. The molecule has 2 atom stereocenters. The minimum absolute atomic E-state index is 0.00293. The van der Waals surface area contributed by atoms with Crippen molar-refractivity contribution in [1.82, 2.24) is 19.8 Å². The molecule has 178 valence electrons.